The molecule has 4 heteroatoms. The molecule has 2 aromatic rings. The van der Waals surface area contributed by atoms with Gasteiger partial charge in [-0.1, -0.05) is 37.3 Å². The van der Waals surface area contributed by atoms with E-state index in [0.29, 0.717) is 0 Å². The van der Waals surface area contributed by atoms with Crippen molar-refractivity contribution in [2.75, 3.05) is 13.1 Å². The molecular formula is C15H20N4. The molecule has 1 N–H and O–H groups in total. The fourth-order valence-corrected chi connectivity index (χ4v) is 2.95. The molecule has 0 aliphatic carbocycles. The molecule has 1 fully saturated rings. The highest BCUT2D eigenvalue weighted by Crippen LogP contribution is 2.33. The molecule has 1 aliphatic rings. The summed E-state index contributed by atoms with van der Waals surface area (Å²) in [6.45, 7) is 4.31. The zero-order valence-corrected chi connectivity index (χ0v) is 11.6. The number of benzene rings is 1. The lowest BCUT2D eigenvalue weighted by atomic mass is 9.83. The first kappa shape index (κ1) is 12.4. The molecule has 1 saturated heterocycles. The maximum atomic E-state index is 4.82. The first-order valence-corrected chi connectivity index (χ1v) is 6.93. The van der Waals surface area contributed by atoms with Crippen LogP contribution in [0.25, 0.3) is 11.4 Å². The van der Waals surface area contributed by atoms with E-state index in [1.54, 1.807) is 0 Å². The maximum Gasteiger partial charge on any atom is 0.181 e. The van der Waals surface area contributed by atoms with Crippen LogP contribution in [0.3, 0.4) is 0 Å². The quantitative estimate of drug-likeness (QED) is 0.914. The van der Waals surface area contributed by atoms with E-state index in [1.165, 1.54) is 0 Å². The van der Waals surface area contributed by atoms with Gasteiger partial charge in [0.1, 0.15) is 5.82 Å². The molecule has 100 valence electrons. The molecule has 0 spiro atoms. The van der Waals surface area contributed by atoms with Crippen molar-refractivity contribution in [3.8, 4) is 11.4 Å². The zero-order valence-electron chi connectivity index (χ0n) is 11.6. The Balaban J connectivity index is 2.02. The van der Waals surface area contributed by atoms with Crippen molar-refractivity contribution < 1.29 is 0 Å². The number of aryl methyl sites for hydroxylation is 1. The van der Waals surface area contributed by atoms with E-state index in [0.717, 1.165) is 43.1 Å². The molecule has 19 heavy (non-hydrogen) atoms. The molecule has 2 heterocycles. The predicted molar refractivity (Wildman–Crippen MR) is 75.9 cm³/mol. The van der Waals surface area contributed by atoms with Gasteiger partial charge in [-0.15, -0.1) is 0 Å². The summed E-state index contributed by atoms with van der Waals surface area (Å²) in [6.07, 6.45) is 2.24. The summed E-state index contributed by atoms with van der Waals surface area (Å²) >= 11 is 0. The van der Waals surface area contributed by atoms with Gasteiger partial charge in [0.25, 0.3) is 0 Å². The molecule has 1 atom stereocenters. The van der Waals surface area contributed by atoms with Crippen molar-refractivity contribution in [1.82, 2.24) is 20.1 Å². The minimum absolute atomic E-state index is 0.148. The fraction of sp³-hybridized carbons (Fsp3) is 0.467. The third-order valence-corrected chi connectivity index (χ3v) is 4.19. The Labute approximate surface area is 113 Å². The topological polar surface area (TPSA) is 42.7 Å². The van der Waals surface area contributed by atoms with E-state index in [1.807, 2.05) is 29.9 Å². The Hall–Kier alpha value is -1.68. The third-order valence-electron chi connectivity index (χ3n) is 4.19. The summed E-state index contributed by atoms with van der Waals surface area (Å²) in [6, 6.07) is 10.2. The summed E-state index contributed by atoms with van der Waals surface area (Å²) in [5.74, 6) is 1.94. The molecular weight excluding hydrogens is 236 g/mol. The number of aromatic nitrogens is 3. The number of nitrogens with zero attached hydrogens (tertiary/aromatic N) is 3. The standard InChI is InChI=1S/C15H20N4/c1-3-15(9-10-16-11-15)14-17-13(18-19(14)2)12-7-5-4-6-8-12/h4-8,16H,3,9-11H2,1-2H3. The predicted octanol–water partition coefficient (Wildman–Crippen LogP) is 2.12. The second-order valence-electron chi connectivity index (χ2n) is 5.31. The molecule has 1 aliphatic heterocycles. The Bertz CT molecular complexity index is 553. The van der Waals surface area contributed by atoms with E-state index in [9.17, 15) is 0 Å². The zero-order chi connectivity index (χ0) is 13.3. The summed E-state index contributed by atoms with van der Waals surface area (Å²) < 4.78 is 1.96. The third kappa shape index (κ3) is 2.06. The van der Waals surface area contributed by atoms with Gasteiger partial charge in [0.15, 0.2) is 5.82 Å². The molecule has 0 bridgehead atoms. The maximum absolute atomic E-state index is 4.82. The fourth-order valence-electron chi connectivity index (χ4n) is 2.95. The van der Waals surface area contributed by atoms with Crippen LogP contribution >= 0.6 is 0 Å². The second-order valence-corrected chi connectivity index (χ2v) is 5.31. The van der Waals surface area contributed by atoms with E-state index >= 15 is 0 Å². The van der Waals surface area contributed by atoms with Crippen LogP contribution in [0.2, 0.25) is 0 Å². The molecule has 1 unspecified atom stereocenters. The van der Waals surface area contributed by atoms with Crippen LogP contribution in [0.5, 0.6) is 0 Å². The van der Waals surface area contributed by atoms with Crippen LogP contribution in [0.1, 0.15) is 25.6 Å². The van der Waals surface area contributed by atoms with E-state index < -0.39 is 0 Å². The molecule has 0 amide bonds. The van der Waals surface area contributed by atoms with Gasteiger partial charge >= 0.3 is 0 Å². The van der Waals surface area contributed by atoms with Crippen molar-refractivity contribution in [2.45, 2.75) is 25.2 Å². The van der Waals surface area contributed by atoms with Crippen molar-refractivity contribution in [3.05, 3.63) is 36.2 Å². The minimum Gasteiger partial charge on any atom is -0.316 e. The number of hydrogen-bond acceptors (Lipinski definition) is 3. The number of nitrogens with one attached hydrogen (secondary N) is 1. The van der Waals surface area contributed by atoms with Gasteiger partial charge in [-0.2, -0.15) is 5.10 Å². The largest absolute Gasteiger partial charge is 0.316 e. The van der Waals surface area contributed by atoms with E-state index in [2.05, 4.69) is 29.5 Å². The molecule has 0 radical (unpaired) electrons. The Morgan fingerprint density at radius 2 is 2.11 bits per heavy atom. The minimum atomic E-state index is 0.148. The van der Waals surface area contributed by atoms with E-state index in [4.69, 9.17) is 4.98 Å². The van der Waals surface area contributed by atoms with Crippen LogP contribution in [-0.4, -0.2) is 27.9 Å². The summed E-state index contributed by atoms with van der Waals surface area (Å²) in [5.41, 5.74) is 1.23. The highest BCUT2D eigenvalue weighted by molar-refractivity contribution is 5.54. The van der Waals surface area contributed by atoms with Gasteiger partial charge < -0.3 is 5.32 Å². The van der Waals surface area contributed by atoms with Crippen LogP contribution in [0.4, 0.5) is 0 Å². The highest BCUT2D eigenvalue weighted by atomic mass is 15.3. The van der Waals surface area contributed by atoms with Crippen molar-refractivity contribution in [1.29, 1.82) is 0 Å². The Kier molecular flexibility index (Phi) is 3.11. The molecule has 1 aromatic carbocycles. The molecule has 4 nitrogen and oxygen atoms in total. The SMILES string of the molecule is CCC1(c2nc(-c3ccccc3)nn2C)CCNC1. The summed E-state index contributed by atoms with van der Waals surface area (Å²) in [7, 11) is 2.00. The van der Waals surface area contributed by atoms with Crippen molar-refractivity contribution in [3.63, 3.8) is 0 Å². The molecule has 3 rings (SSSR count). The normalized spacial score (nSPS) is 22.8. The monoisotopic (exact) mass is 256 g/mol. The van der Waals surface area contributed by atoms with Gasteiger partial charge in [-0.25, -0.2) is 4.98 Å². The van der Waals surface area contributed by atoms with Gasteiger partial charge in [-0.05, 0) is 19.4 Å². The average molecular weight is 256 g/mol. The summed E-state index contributed by atoms with van der Waals surface area (Å²) in [5, 5.41) is 8.05. The smallest absolute Gasteiger partial charge is 0.181 e. The van der Waals surface area contributed by atoms with Crippen molar-refractivity contribution in [2.24, 2.45) is 7.05 Å². The number of hydrogen-bond donors (Lipinski definition) is 1. The lowest BCUT2D eigenvalue weighted by Crippen LogP contribution is -2.31. The first-order valence-electron chi connectivity index (χ1n) is 6.93. The lowest BCUT2D eigenvalue weighted by Gasteiger charge is -2.24. The van der Waals surface area contributed by atoms with Crippen LogP contribution in [-0.2, 0) is 12.5 Å². The molecule has 1 aromatic heterocycles. The van der Waals surface area contributed by atoms with Crippen LogP contribution in [0, 0.1) is 0 Å². The second kappa shape index (κ2) is 4.78. The average Bonchev–Trinajstić information content (AvgIpc) is 3.07. The lowest BCUT2D eigenvalue weighted by molar-refractivity contribution is 0.405. The van der Waals surface area contributed by atoms with Crippen LogP contribution < -0.4 is 5.32 Å². The van der Waals surface area contributed by atoms with Gasteiger partial charge in [0.2, 0.25) is 0 Å². The van der Waals surface area contributed by atoms with Gasteiger partial charge in [0, 0.05) is 24.6 Å². The summed E-state index contributed by atoms with van der Waals surface area (Å²) in [4.78, 5) is 4.82. The first-order chi connectivity index (χ1) is 9.25. The number of rotatable bonds is 3. The van der Waals surface area contributed by atoms with Gasteiger partial charge in [0.05, 0.1) is 0 Å². The highest BCUT2D eigenvalue weighted by Gasteiger charge is 2.38. The Morgan fingerprint density at radius 3 is 2.74 bits per heavy atom. The van der Waals surface area contributed by atoms with Crippen LogP contribution in [0.15, 0.2) is 30.3 Å². The van der Waals surface area contributed by atoms with Gasteiger partial charge in [-0.3, -0.25) is 4.68 Å². The Morgan fingerprint density at radius 1 is 1.32 bits per heavy atom. The van der Waals surface area contributed by atoms with E-state index in [-0.39, 0.29) is 5.41 Å². The molecule has 0 saturated carbocycles. The van der Waals surface area contributed by atoms with Crippen molar-refractivity contribution >= 4 is 0 Å².